The van der Waals surface area contributed by atoms with Gasteiger partial charge in [-0.05, 0) is 35.9 Å². The Morgan fingerprint density at radius 2 is 1.82 bits per heavy atom. The molecule has 2 heterocycles. The lowest BCUT2D eigenvalue weighted by Gasteiger charge is -2.07. The minimum absolute atomic E-state index is 0.304. The molecular formula is C20H13ClF2N4O. The summed E-state index contributed by atoms with van der Waals surface area (Å²) in [5.74, 6) is -0.925. The lowest BCUT2D eigenvalue weighted by atomic mass is 10.1. The van der Waals surface area contributed by atoms with Gasteiger partial charge in [0.25, 0.3) is 5.56 Å². The van der Waals surface area contributed by atoms with Crippen LogP contribution in [0, 0.1) is 11.6 Å². The van der Waals surface area contributed by atoms with Crippen LogP contribution in [0.5, 0.6) is 0 Å². The van der Waals surface area contributed by atoms with Crippen LogP contribution in [0.3, 0.4) is 0 Å². The number of aromatic nitrogens is 3. The lowest BCUT2D eigenvalue weighted by molar-refractivity contribution is 0.584. The van der Waals surface area contributed by atoms with Gasteiger partial charge in [0.2, 0.25) is 0 Å². The quantitative estimate of drug-likeness (QED) is 0.509. The van der Waals surface area contributed by atoms with Gasteiger partial charge in [0.1, 0.15) is 23.0 Å². The maximum absolute atomic E-state index is 13.4. The Bertz CT molecular complexity index is 1240. The highest BCUT2D eigenvalue weighted by molar-refractivity contribution is 6.31. The van der Waals surface area contributed by atoms with E-state index in [0.717, 1.165) is 11.6 Å². The topological polar surface area (TPSA) is 84.7 Å². The highest BCUT2D eigenvalue weighted by Gasteiger charge is 2.10. The highest BCUT2D eigenvalue weighted by atomic mass is 35.5. The summed E-state index contributed by atoms with van der Waals surface area (Å²) >= 11 is 5.93. The number of anilines is 1. The molecule has 3 N–H and O–H groups in total. The first kappa shape index (κ1) is 18.1. The zero-order valence-electron chi connectivity index (χ0n) is 14.3. The minimum atomic E-state index is -0.670. The lowest BCUT2D eigenvalue weighted by Crippen LogP contribution is -2.13. The van der Waals surface area contributed by atoms with Crippen molar-refractivity contribution < 1.29 is 8.78 Å². The van der Waals surface area contributed by atoms with Crippen LogP contribution in [0.4, 0.5) is 14.5 Å². The first-order valence-electron chi connectivity index (χ1n) is 8.28. The number of nitrogens with two attached hydrogens (primary N) is 1. The molecule has 8 heteroatoms. The van der Waals surface area contributed by atoms with Crippen molar-refractivity contribution >= 4 is 28.2 Å². The molecule has 5 nitrogen and oxygen atoms in total. The van der Waals surface area contributed by atoms with Gasteiger partial charge in [0.05, 0.1) is 16.8 Å². The number of fused-ring (bicyclic) bond motifs is 1. The van der Waals surface area contributed by atoms with Crippen molar-refractivity contribution in [3.63, 3.8) is 0 Å². The first-order valence-corrected chi connectivity index (χ1v) is 8.66. The number of H-pyrrole nitrogens is 1. The maximum atomic E-state index is 13.4. The number of hydrogen-bond acceptors (Lipinski definition) is 4. The van der Waals surface area contributed by atoms with E-state index in [1.807, 2.05) is 0 Å². The molecule has 140 valence electrons. The fraction of sp³-hybridized carbons (Fsp3) is 0.0500. The molecule has 0 unspecified atom stereocenters. The minimum Gasteiger partial charge on any atom is -0.397 e. The SMILES string of the molecule is Nc1cc(Cl)cc2c(=O)[nH]c(Cc3ccc(-c4cc(F)cc(F)c4)nc3)nc12. The number of nitrogens with one attached hydrogen (secondary N) is 1. The average Bonchev–Trinajstić information content (AvgIpc) is 2.63. The molecule has 0 bridgehead atoms. The van der Waals surface area contributed by atoms with Gasteiger partial charge < -0.3 is 10.7 Å². The van der Waals surface area contributed by atoms with Gasteiger partial charge in [-0.2, -0.15) is 0 Å². The van der Waals surface area contributed by atoms with Crippen LogP contribution in [-0.4, -0.2) is 15.0 Å². The molecule has 0 amide bonds. The van der Waals surface area contributed by atoms with Crippen molar-refractivity contribution in [1.29, 1.82) is 0 Å². The van der Waals surface area contributed by atoms with Crippen molar-refractivity contribution in [2.24, 2.45) is 0 Å². The van der Waals surface area contributed by atoms with Crippen LogP contribution in [-0.2, 0) is 6.42 Å². The third-order valence-corrected chi connectivity index (χ3v) is 4.43. The summed E-state index contributed by atoms with van der Waals surface area (Å²) in [5.41, 5.74) is 7.81. The number of nitrogen functional groups attached to an aromatic ring is 1. The standard InChI is InChI=1S/C20H13ClF2N4O/c21-12-6-15-19(16(24)7-12)26-18(27-20(15)28)3-10-1-2-17(25-9-10)11-4-13(22)8-14(23)5-11/h1-2,4-9H,3,24H2,(H,26,27,28). The van der Waals surface area contributed by atoms with E-state index >= 15 is 0 Å². The average molecular weight is 399 g/mol. The third-order valence-electron chi connectivity index (χ3n) is 4.21. The van der Waals surface area contributed by atoms with E-state index in [1.165, 1.54) is 24.3 Å². The second-order valence-electron chi connectivity index (χ2n) is 6.29. The Kier molecular flexibility index (Phi) is 4.52. The molecule has 0 aliphatic carbocycles. The molecule has 4 aromatic rings. The molecule has 0 saturated heterocycles. The highest BCUT2D eigenvalue weighted by Crippen LogP contribution is 2.23. The van der Waals surface area contributed by atoms with Crippen molar-refractivity contribution in [3.05, 3.63) is 87.1 Å². The van der Waals surface area contributed by atoms with Gasteiger partial charge in [0.15, 0.2) is 0 Å². The van der Waals surface area contributed by atoms with Gasteiger partial charge in [-0.25, -0.2) is 13.8 Å². The summed E-state index contributed by atoms with van der Waals surface area (Å²) in [6.07, 6.45) is 1.87. The molecule has 0 saturated carbocycles. The fourth-order valence-corrected chi connectivity index (χ4v) is 3.18. The van der Waals surface area contributed by atoms with Gasteiger partial charge in [-0.3, -0.25) is 9.78 Å². The van der Waals surface area contributed by atoms with Crippen molar-refractivity contribution in [3.8, 4) is 11.3 Å². The van der Waals surface area contributed by atoms with Gasteiger partial charge in [-0.15, -0.1) is 0 Å². The van der Waals surface area contributed by atoms with Crippen LogP contribution < -0.4 is 11.3 Å². The van der Waals surface area contributed by atoms with Crippen LogP contribution in [0.25, 0.3) is 22.2 Å². The number of aromatic amines is 1. The Labute approximate surface area is 162 Å². The number of benzene rings is 2. The Morgan fingerprint density at radius 1 is 1.07 bits per heavy atom. The molecule has 0 spiro atoms. The number of rotatable bonds is 3. The molecule has 28 heavy (non-hydrogen) atoms. The number of nitrogens with zero attached hydrogens (tertiary/aromatic N) is 2. The largest absolute Gasteiger partial charge is 0.397 e. The zero-order valence-corrected chi connectivity index (χ0v) is 15.1. The molecule has 0 fully saturated rings. The van der Waals surface area contributed by atoms with E-state index in [2.05, 4.69) is 15.0 Å². The third kappa shape index (κ3) is 3.57. The van der Waals surface area contributed by atoms with Crippen molar-refractivity contribution in [1.82, 2.24) is 15.0 Å². The monoisotopic (exact) mass is 398 g/mol. The van der Waals surface area contributed by atoms with E-state index in [4.69, 9.17) is 17.3 Å². The molecule has 2 aromatic heterocycles. The van der Waals surface area contributed by atoms with Gasteiger partial charge in [0, 0.05) is 29.3 Å². The normalized spacial score (nSPS) is 11.1. The second kappa shape index (κ2) is 7.01. The second-order valence-corrected chi connectivity index (χ2v) is 6.73. The summed E-state index contributed by atoms with van der Waals surface area (Å²) in [4.78, 5) is 23.7. The van der Waals surface area contributed by atoms with Crippen LogP contribution in [0.15, 0.2) is 53.5 Å². The summed E-state index contributed by atoms with van der Waals surface area (Å²) in [5, 5.41) is 0.675. The van der Waals surface area contributed by atoms with Gasteiger partial charge >= 0.3 is 0 Å². The molecule has 0 radical (unpaired) electrons. The summed E-state index contributed by atoms with van der Waals surface area (Å²) in [6.45, 7) is 0. The zero-order chi connectivity index (χ0) is 19.8. The van der Waals surface area contributed by atoms with Crippen LogP contribution in [0.2, 0.25) is 5.02 Å². The van der Waals surface area contributed by atoms with E-state index in [0.29, 0.717) is 45.1 Å². The predicted octanol–water partition coefficient (Wildman–Crippen LogP) is 4.09. The van der Waals surface area contributed by atoms with E-state index in [-0.39, 0.29) is 5.56 Å². The van der Waals surface area contributed by atoms with E-state index < -0.39 is 11.6 Å². The van der Waals surface area contributed by atoms with Crippen LogP contribution >= 0.6 is 11.6 Å². The molecule has 0 aliphatic heterocycles. The predicted molar refractivity (Wildman–Crippen MR) is 104 cm³/mol. The number of halogens is 3. The molecule has 2 aromatic carbocycles. The number of pyridine rings is 1. The fourth-order valence-electron chi connectivity index (χ4n) is 2.96. The van der Waals surface area contributed by atoms with E-state index in [1.54, 1.807) is 18.3 Å². The molecule has 0 aliphatic rings. The summed E-state index contributed by atoms with van der Waals surface area (Å²) in [6, 6.07) is 9.67. The Balaban J connectivity index is 1.65. The van der Waals surface area contributed by atoms with Crippen molar-refractivity contribution in [2.45, 2.75) is 6.42 Å². The Hall–Kier alpha value is -3.32. The van der Waals surface area contributed by atoms with Gasteiger partial charge in [-0.1, -0.05) is 17.7 Å². The summed E-state index contributed by atoms with van der Waals surface area (Å²) < 4.78 is 26.8. The van der Waals surface area contributed by atoms with E-state index in [9.17, 15) is 13.6 Å². The molecule has 4 rings (SSSR count). The van der Waals surface area contributed by atoms with Crippen molar-refractivity contribution in [2.75, 3.05) is 5.73 Å². The number of hydrogen-bond donors (Lipinski definition) is 2. The first-order chi connectivity index (χ1) is 13.4. The van der Waals surface area contributed by atoms with Crippen LogP contribution in [0.1, 0.15) is 11.4 Å². The molecule has 0 atom stereocenters. The smallest absolute Gasteiger partial charge is 0.258 e. The maximum Gasteiger partial charge on any atom is 0.258 e. The Morgan fingerprint density at radius 3 is 2.50 bits per heavy atom. The molecular weight excluding hydrogens is 386 g/mol. The summed E-state index contributed by atoms with van der Waals surface area (Å²) in [7, 11) is 0.